The van der Waals surface area contributed by atoms with Crippen LogP contribution in [0.25, 0.3) is 0 Å². The number of benzene rings is 1. The zero-order valence-corrected chi connectivity index (χ0v) is 13.3. The van der Waals surface area contributed by atoms with Gasteiger partial charge in [0.05, 0.1) is 4.90 Å². The first kappa shape index (κ1) is 16.1. The quantitative estimate of drug-likeness (QED) is 0.811. The average Bonchev–Trinajstić information content (AvgIpc) is 2.93. The first-order chi connectivity index (χ1) is 9.94. The number of likely N-dealkylation sites (N-methyl/N-ethyl adjacent to an activating group) is 1. The molecule has 0 spiro atoms. The molecule has 0 aromatic heterocycles. The van der Waals surface area contributed by atoms with Crippen molar-refractivity contribution in [2.75, 3.05) is 19.6 Å². The number of Topliss-reactive ketones (excluding diaryl/α,β-unsaturated/α-hetero) is 1. The second kappa shape index (κ2) is 6.68. The minimum absolute atomic E-state index is 0.139. The molecular weight excluding hydrogens is 288 g/mol. The summed E-state index contributed by atoms with van der Waals surface area (Å²) in [6.45, 7) is 5.90. The summed E-state index contributed by atoms with van der Waals surface area (Å²) in [6, 6.07) is 6.43. The van der Waals surface area contributed by atoms with Gasteiger partial charge < -0.3 is 0 Å². The lowest BCUT2D eigenvalue weighted by Gasteiger charge is -2.22. The Balaban J connectivity index is 2.08. The molecule has 1 aliphatic heterocycles. The lowest BCUT2D eigenvalue weighted by molar-refractivity contribution is 0.101. The Kier molecular flexibility index (Phi) is 5.13. The predicted molar refractivity (Wildman–Crippen MR) is 81.9 cm³/mol. The normalized spacial score (nSPS) is 19.8. The van der Waals surface area contributed by atoms with E-state index in [0.717, 1.165) is 25.9 Å². The zero-order valence-electron chi connectivity index (χ0n) is 12.5. The van der Waals surface area contributed by atoms with Crippen LogP contribution in [0.5, 0.6) is 0 Å². The van der Waals surface area contributed by atoms with Crippen LogP contribution in [0.4, 0.5) is 0 Å². The molecule has 1 aliphatic rings. The molecule has 1 atom stereocenters. The molecule has 1 N–H and O–H groups in total. The molecule has 1 fully saturated rings. The number of likely N-dealkylation sites (tertiary alicyclic amines) is 1. The van der Waals surface area contributed by atoms with Gasteiger partial charge in [-0.3, -0.25) is 9.69 Å². The molecule has 5 nitrogen and oxygen atoms in total. The number of rotatable bonds is 6. The summed E-state index contributed by atoms with van der Waals surface area (Å²) in [4.78, 5) is 13.8. The molecule has 1 aromatic rings. The average molecular weight is 310 g/mol. The highest BCUT2D eigenvalue weighted by Gasteiger charge is 2.25. The van der Waals surface area contributed by atoms with E-state index in [4.69, 9.17) is 0 Å². The van der Waals surface area contributed by atoms with Crippen molar-refractivity contribution in [3.05, 3.63) is 29.8 Å². The van der Waals surface area contributed by atoms with Gasteiger partial charge in [-0.15, -0.1) is 0 Å². The topological polar surface area (TPSA) is 66.5 Å². The van der Waals surface area contributed by atoms with Crippen LogP contribution < -0.4 is 4.72 Å². The fourth-order valence-corrected chi connectivity index (χ4v) is 3.83. The van der Waals surface area contributed by atoms with E-state index in [1.807, 2.05) is 0 Å². The van der Waals surface area contributed by atoms with Crippen LogP contribution in [-0.4, -0.2) is 44.8 Å². The maximum atomic E-state index is 12.3. The lowest BCUT2D eigenvalue weighted by atomic mass is 10.2. The molecule has 0 saturated carbocycles. The van der Waals surface area contributed by atoms with Crippen molar-refractivity contribution in [2.24, 2.45) is 0 Å². The monoisotopic (exact) mass is 310 g/mol. The van der Waals surface area contributed by atoms with E-state index < -0.39 is 10.0 Å². The van der Waals surface area contributed by atoms with Crippen molar-refractivity contribution in [2.45, 2.75) is 37.6 Å². The highest BCUT2D eigenvalue weighted by molar-refractivity contribution is 7.89. The van der Waals surface area contributed by atoms with Crippen molar-refractivity contribution < 1.29 is 13.2 Å². The minimum atomic E-state index is -3.56. The molecule has 1 unspecified atom stereocenters. The number of nitrogens with one attached hydrogen (secondary N) is 1. The second-order valence-corrected chi connectivity index (χ2v) is 7.13. The van der Waals surface area contributed by atoms with Crippen molar-refractivity contribution >= 4 is 15.8 Å². The summed E-state index contributed by atoms with van der Waals surface area (Å²) in [5.41, 5.74) is 0.411. The highest BCUT2D eigenvalue weighted by atomic mass is 32.2. The Labute approximate surface area is 126 Å². The van der Waals surface area contributed by atoms with Gasteiger partial charge in [0.1, 0.15) is 0 Å². The van der Waals surface area contributed by atoms with Gasteiger partial charge in [-0.1, -0.05) is 19.1 Å². The molecule has 0 amide bonds. The summed E-state index contributed by atoms with van der Waals surface area (Å²) in [5, 5.41) is 0. The van der Waals surface area contributed by atoms with Gasteiger partial charge >= 0.3 is 0 Å². The Bertz CT molecular complexity index is 613. The van der Waals surface area contributed by atoms with Crippen molar-refractivity contribution in [1.29, 1.82) is 0 Å². The Morgan fingerprint density at radius 1 is 1.43 bits per heavy atom. The third-order valence-corrected chi connectivity index (χ3v) is 5.39. The van der Waals surface area contributed by atoms with Gasteiger partial charge in [0, 0.05) is 18.2 Å². The number of hydrogen-bond acceptors (Lipinski definition) is 4. The lowest BCUT2D eigenvalue weighted by Crippen LogP contribution is -2.40. The Hall–Kier alpha value is -1.24. The fraction of sp³-hybridized carbons (Fsp3) is 0.533. The van der Waals surface area contributed by atoms with Crippen LogP contribution in [0.1, 0.15) is 37.0 Å². The first-order valence-corrected chi connectivity index (χ1v) is 8.77. The zero-order chi connectivity index (χ0) is 15.5. The summed E-state index contributed by atoms with van der Waals surface area (Å²) < 4.78 is 27.3. The van der Waals surface area contributed by atoms with E-state index in [1.54, 1.807) is 12.1 Å². The summed E-state index contributed by atoms with van der Waals surface area (Å²) >= 11 is 0. The smallest absolute Gasteiger partial charge is 0.240 e. The van der Waals surface area contributed by atoms with E-state index in [-0.39, 0.29) is 16.7 Å². The largest absolute Gasteiger partial charge is 0.299 e. The fourth-order valence-electron chi connectivity index (χ4n) is 2.71. The summed E-state index contributed by atoms with van der Waals surface area (Å²) in [7, 11) is -3.56. The van der Waals surface area contributed by atoms with Gasteiger partial charge in [0.25, 0.3) is 0 Å². The number of sulfonamides is 1. The minimum Gasteiger partial charge on any atom is -0.299 e. The van der Waals surface area contributed by atoms with Gasteiger partial charge in [-0.05, 0) is 45.0 Å². The van der Waals surface area contributed by atoms with Crippen molar-refractivity contribution in [3.63, 3.8) is 0 Å². The van der Waals surface area contributed by atoms with Gasteiger partial charge in [-0.2, -0.15) is 0 Å². The standard InChI is InChI=1S/C15H22N2O3S/c1-3-17-9-5-7-14(17)11-16-21(19,20)15-8-4-6-13(10-15)12(2)18/h4,6,8,10,14,16H,3,5,7,9,11H2,1-2H3. The number of nitrogens with zero attached hydrogens (tertiary/aromatic N) is 1. The maximum Gasteiger partial charge on any atom is 0.240 e. The van der Waals surface area contributed by atoms with E-state index in [0.29, 0.717) is 12.1 Å². The number of carbonyl (C=O) groups is 1. The van der Waals surface area contributed by atoms with Crippen LogP contribution in [0.3, 0.4) is 0 Å². The number of carbonyl (C=O) groups excluding carboxylic acids is 1. The molecule has 6 heteroatoms. The second-order valence-electron chi connectivity index (χ2n) is 5.36. The molecule has 0 bridgehead atoms. The highest BCUT2D eigenvalue weighted by Crippen LogP contribution is 2.17. The molecule has 116 valence electrons. The molecule has 1 heterocycles. The van der Waals surface area contributed by atoms with Crippen LogP contribution in [0.15, 0.2) is 29.2 Å². The predicted octanol–water partition coefficient (Wildman–Crippen LogP) is 1.65. The van der Waals surface area contributed by atoms with Gasteiger partial charge in [0.15, 0.2) is 5.78 Å². The van der Waals surface area contributed by atoms with E-state index in [2.05, 4.69) is 16.5 Å². The van der Waals surface area contributed by atoms with Crippen LogP contribution in [0, 0.1) is 0 Å². The van der Waals surface area contributed by atoms with Gasteiger partial charge in [-0.25, -0.2) is 13.1 Å². The van der Waals surface area contributed by atoms with Crippen molar-refractivity contribution in [1.82, 2.24) is 9.62 Å². The third-order valence-electron chi connectivity index (χ3n) is 3.97. The van der Waals surface area contributed by atoms with E-state index >= 15 is 0 Å². The summed E-state index contributed by atoms with van der Waals surface area (Å²) in [5.74, 6) is -0.139. The molecule has 0 radical (unpaired) electrons. The maximum absolute atomic E-state index is 12.3. The number of hydrogen-bond donors (Lipinski definition) is 1. The van der Waals surface area contributed by atoms with Crippen LogP contribution >= 0.6 is 0 Å². The molecule has 2 rings (SSSR count). The first-order valence-electron chi connectivity index (χ1n) is 7.28. The van der Waals surface area contributed by atoms with Crippen LogP contribution in [-0.2, 0) is 10.0 Å². The molecule has 0 aliphatic carbocycles. The Morgan fingerprint density at radius 3 is 2.86 bits per heavy atom. The van der Waals surface area contributed by atoms with Crippen LogP contribution in [0.2, 0.25) is 0 Å². The SMILES string of the molecule is CCN1CCCC1CNS(=O)(=O)c1cccc(C(C)=O)c1. The van der Waals surface area contributed by atoms with E-state index in [9.17, 15) is 13.2 Å². The molecule has 21 heavy (non-hydrogen) atoms. The molecule has 1 saturated heterocycles. The van der Waals surface area contributed by atoms with Gasteiger partial charge in [0.2, 0.25) is 10.0 Å². The Morgan fingerprint density at radius 2 is 2.19 bits per heavy atom. The molecule has 1 aromatic carbocycles. The third kappa shape index (κ3) is 3.90. The van der Waals surface area contributed by atoms with Crippen molar-refractivity contribution in [3.8, 4) is 0 Å². The molecular formula is C15H22N2O3S. The summed E-state index contributed by atoms with van der Waals surface area (Å²) in [6.07, 6.45) is 2.13. The number of ketones is 1. The van der Waals surface area contributed by atoms with E-state index in [1.165, 1.54) is 19.1 Å².